The van der Waals surface area contributed by atoms with E-state index in [0.717, 1.165) is 11.1 Å². The molecule has 2 fully saturated rings. The third-order valence-electron chi connectivity index (χ3n) is 6.92. The second-order valence-corrected chi connectivity index (χ2v) is 10.7. The van der Waals surface area contributed by atoms with Crippen molar-refractivity contribution in [1.82, 2.24) is 9.80 Å². The van der Waals surface area contributed by atoms with Crippen molar-refractivity contribution in [3.8, 4) is 0 Å². The van der Waals surface area contributed by atoms with Crippen LogP contribution < -0.4 is 0 Å². The normalized spacial score (nSPS) is 24.6. The summed E-state index contributed by atoms with van der Waals surface area (Å²) in [6.07, 6.45) is -1.31. The third kappa shape index (κ3) is 4.98. The number of likely N-dealkylation sites (tertiary alicyclic amines) is 2. The number of carbonyl (C=O) groups excluding carboxylic acids is 2. The van der Waals surface area contributed by atoms with Gasteiger partial charge in [-0.1, -0.05) is 60.7 Å². The topological polar surface area (TPSA) is 88.5 Å². The Morgan fingerprint density at radius 3 is 2.19 bits per heavy atom. The van der Waals surface area contributed by atoms with E-state index in [2.05, 4.69) is 0 Å². The largest absolute Gasteiger partial charge is 0.444 e. The van der Waals surface area contributed by atoms with E-state index in [1.54, 1.807) is 25.7 Å². The molecule has 2 aliphatic heterocycles. The van der Waals surface area contributed by atoms with E-state index in [4.69, 9.17) is 14.2 Å². The molecule has 36 heavy (non-hydrogen) atoms. The van der Waals surface area contributed by atoms with Crippen LogP contribution >= 0.6 is 0 Å². The summed E-state index contributed by atoms with van der Waals surface area (Å²) in [7, 11) is 1.38. The van der Waals surface area contributed by atoms with Gasteiger partial charge in [0, 0.05) is 13.7 Å². The number of amides is 2. The van der Waals surface area contributed by atoms with Crippen molar-refractivity contribution in [2.45, 2.75) is 69.7 Å². The third-order valence-corrected chi connectivity index (χ3v) is 6.92. The molecule has 1 N–H and O–H groups in total. The monoisotopic (exact) mass is 496 g/mol. The van der Waals surface area contributed by atoms with Crippen molar-refractivity contribution in [3.63, 3.8) is 0 Å². The fourth-order valence-electron chi connectivity index (χ4n) is 5.26. The van der Waals surface area contributed by atoms with Crippen LogP contribution in [0.1, 0.15) is 44.7 Å². The molecular formula is C28H36N2O6. The molecule has 2 saturated heterocycles. The van der Waals surface area contributed by atoms with Crippen molar-refractivity contribution in [2.75, 3.05) is 20.3 Å². The molecule has 4 rings (SSSR count). The van der Waals surface area contributed by atoms with Gasteiger partial charge in [0.05, 0.1) is 19.8 Å². The Morgan fingerprint density at radius 2 is 1.64 bits per heavy atom. The van der Waals surface area contributed by atoms with Crippen LogP contribution in [0.5, 0.6) is 0 Å². The first-order valence-electron chi connectivity index (χ1n) is 12.3. The van der Waals surface area contributed by atoms with Crippen LogP contribution in [0, 0.1) is 0 Å². The minimum absolute atomic E-state index is 0.0101. The lowest BCUT2D eigenvalue weighted by Crippen LogP contribution is -2.77. The Labute approximate surface area is 212 Å². The lowest BCUT2D eigenvalue weighted by molar-refractivity contribution is -0.202. The molecule has 2 aromatic carbocycles. The zero-order chi connectivity index (χ0) is 26.0. The molecule has 2 heterocycles. The van der Waals surface area contributed by atoms with Crippen LogP contribution in [0.15, 0.2) is 60.7 Å². The van der Waals surface area contributed by atoms with Gasteiger partial charge < -0.3 is 24.2 Å². The minimum Gasteiger partial charge on any atom is -0.444 e. The van der Waals surface area contributed by atoms with Gasteiger partial charge in [-0.3, -0.25) is 9.69 Å². The number of hydrogen-bond acceptors (Lipinski definition) is 6. The van der Waals surface area contributed by atoms with Gasteiger partial charge >= 0.3 is 6.09 Å². The number of hydrogen-bond donors (Lipinski definition) is 1. The van der Waals surface area contributed by atoms with E-state index in [0.29, 0.717) is 32.5 Å². The number of benzene rings is 2. The molecule has 0 bridgehead atoms. The molecule has 3 atom stereocenters. The van der Waals surface area contributed by atoms with Crippen LogP contribution in [-0.2, 0) is 32.2 Å². The number of nitrogens with zero attached hydrogens (tertiary/aromatic N) is 2. The Bertz CT molecular complexity index is 1060. The summed E-state index contributed by atoms with van der Waals surface area (Å²) in [4.78, 5) is 30.5. The maximum atomic E-state index is 13.7. The van der Waals surface area contributed by atoms with Gasteiger partial charge in [-0.25, -0.2) is 4.79 Å². The maximum Gasteiger partial charge on any atom is 0.411 e. The fourth-order valence-corrected chi connectivity index (χ4v) is 5.26. The van der Waals surface area contributed by atoms with Crippen molar-refractivity contribution in [3.05, 3.63) is 71.8 Å². The summed E-state index contributed by atoms with van der Waals surface area (Å²) in [5.74, 6) is -0.162. The molecule has 2 aliphatic rings. The Kier molecular flexibility index (Phi) is 7.41. The summed E-state index contributed by atoms with van der Waals surface area (Å²) >= 11 is 0. The number of ether oxygens (including phenoxy) is 3. The van der Waals surface area contributed by atoms with E-state index >= 15 is 0 Å². The lowest BCUT2D eigenvalue weighted by Gasteiger charge is -2.54. The van der Waals surface area contributed by atoms with E-state index in [-0.39, 0.29) is 12.5 Å². The van der Waals surface area contributed by atoms with Crippen LogP contribution in [0.4, 0.5) is 4.79 Å². The Balaban J connectivity index is 1.62. The van der Waals surface area contributed by atoms with Crippen molar-refractivity contribution < 1.29 is 28.9 Å². The summed E-state index contributed by atoms with van der Waals surface area (Å²) < 4.78 is 17.2. The molecule has 0 radical (unpaired) electrons. The number of β-lactam (4-membered cyclic amide) rings is 1. The lowest BCUT2D eigenvalue weighted by atomic mass is 9.85. The number of aliphatic hydroxyl groups excluding tert-OH is 1. The highest BCUT2D eigenvalue weighted by Gasteiger charge is 2.70. The van der Waals surface area contributed by atoms with E-state index in [1.165, 1.54) is 12.0 Å². The molecule has 8 heteroatoms. The first-order valence-corrected chi connectivity index (χ1v) is 12.3. The van der Waals surface area contributed by atoms with E-state index in [1.807, 2.05) is 60.7 Å². The van der Waals surface area contributed by atoms with Gasteiger partial charge in [0.1, 0.15) is 16.7 Å². The van der Waals surface area contributed by atoms with Crippen LogP contribution in [-0.4, -0.2) is 70.1 Å². The zero-order valence-corrected chi connectivity index (χ0v) is 21.5. The SMILES string of the molecule is COC(O)C1(COCc2ccccc2)CCC2(CN(Cc3ccccc3)C2=O)N1C(=O)OC(C)(C)C. The van der Waals surface area contributed by atoms with Gasteiger partial charge in [-0.15, -0.1) is 0 Å². The summed E-state index contributed by atoms with van der Waals surface area (Å²) in [6.45, 7) is 6.41. The molecule has 0 aromatic heterocycles. The predicted molar refractivity (Wildman–Crippen MR) is 134 cm³/mol. The Hall–Kier alpha value is -2.94. The molecule has 8 nitrogen and oxygen atoms in total. The first-order chi connectivity index (χ1) is 17.1. The molecule has 2 aromatic rings. The molecule has 0 aliphatic carbocycles. The molecule has 2 amide bonds. The molecule has 1 spiro atoms. The van der Waals surface area contributed by atoms with Crippen molar-refractivity contribution in [1.29, 1.82) is 0 Å². The average molecular weight is 497 g/mol. The van der Waals surface area contributed by atoms with E-state index in [9.17, 15) is 14.7 Å². The number of methoxy groups -OCH3 is 1. The molecule has 3 unspecified atom stereocenters. The minimum atomic E-state index is -1.36. The van der Waals surface area contributed by atoms with Crippen LogP contribution in [0.2, 0.25) is 0 Å². The smallest absolute Gasteiger partial charge is 0.411 e. The number of aliphatic hydroxyl groups is 1. The van der Waals surface area contributed by atoms with Gasteiger partial charge in [0.2, 0.25) is 0 Å². The standard InChI is InChI=1S/C28H36N2O6/c1-26(2,3)36-25(33)30-27(19-29(23(27)31)17-21-11-7-5-8-12-21)15-16-28(30,24(32)34-4)20-35-18-22-13-9-6-10-14-22/h5-14,24,32H,15-20H2,1-4H3. The molecule has 0 saturated carbocycles. The quantitative estimate of drug-likeness (QED) is 0.443. The van der Waals surface area contributed by atoms with Gasteiger partial charge in [0.15, 0.2) is 6.29 Å². The zero-order valence-electron chi connectivity index (χ0n) is 21.5. The summed E-state index contributed by atoms with van der Waals surface area (Å²) in [5.41, 5.74) is -1.21. The second-order valence-electron chi connectivity index (χ2n) is 10.7. The molecule has 194 valence electrons. The highest BCUT2D eigenvalue weighted by molar-refractivity contribution is 5.96. The number of rotatable bonds is 8. The fraction of sp³-hybridized carbons (Fsp3) is 0.500. The maximum absolute atomic E-state index is 13.7. The summed E-state index contributed by atoms with van der Waals surface area (Å²) in [5, 5.41) is 11.1. The average Bonchev–Trinajstić information content (AvgIpc) is 3.21. The molecular weight excluding hydrogens is 460 g/mol. The predicted octanol–water partition coefficient (Wildman–Crippen LogP) is 3.72. The Morgan fingerprint density at radius 1 is 1.03 bits per heavy atom. The second kappa shape index (κ2) is 10.2. The number of carbonyl (C=O) groups is 2. The summed E-state index contributed by atoms with van der Waals surface area (Å²) in [6, 6.07) is 19.4. The van der Waals surface area contributed by atoms with Crippen LogP contribution in [0.25, 0.3) is 0 Å². The van der Waals surface area contributed by atoms with E-state index < -0.39 is 29.1 Å². The van der Waals surface area contributed by atoms with Gasteiger partial charge in [-0.05, 0) is 44.7 Å². The van der Waals surface area contributed by atoms with Crippen LogP contribution in [0.3, 0.4) is 0 Å². The van der Waals surface area contributed by atoms with Crippen molar-refractivity contribution >= 4 is 12.0 Å². The first kappa shape index (κ1) is 26.1. The van der Waals surface area contributed by atoms with Gasteiger partial charge in [0.25, 0.3) is 5.91 Å². The van der Waals surface area contributed by atoms with Gasteiger partial charge in [-0.2, -0.15) is 0 Å². The van der Waals surface area contributed by atoms with Crippen molar-refractivity contribution in [2.24, 2.45) is 0 Å². The highest BCUT2D eigenvalue weighted by Crippen LogP contribution is 2.50. The highest BCUT2D eigenvalue weighted by atomic mass is 16.6.